The predicted molar refractivity (Wildman–Crippen MR) is 124 cm³/mol. The average Bonchev–Trinajstić information content (AvgIpc) is 3.47. The van der Waals surface area contributed by atoms with Crippen molar-refractivity contribution >= 4 is 11.6 Å². The second kappa shape index (κ2) is 9.96. The molecule has 2 aromatic carbocycles. The van der Waals surface area contributed by atoms with Crippen LogP contribution in [0, 0.1) is 0 Å². The number of rotatable bonds is 9. The van der Waals surface area contributed by atoms with Crippen LogP contribution in [-0.4, -0.2) is 25.5 Å². The van der Waals surface area contributed by atoms with Crippen molar-refractivity contribution in [3.63, 3.8) is 0 Å². The summed E-state index contributed by atoms with van der Waals surface area (Å²) in [5.74, 6) is 0.631. The van der Waals surface area contributed by atoms with Crippen molar-refractivity contribution in [3.05, 3.63) is 95.6 Å². The number of amides is 1. The minimum Gasteiger partial charge on any atom is -0.489 e. The van der Waals surface area contributed by atoms with Crippen LogP contribution in [0.3, 0.4) is 0 Å². The van der Waals surface area contributed by atoms with Gasteiger partial charge in [-0.15, -0.1) is 0 Å². The molecule has 164 valence electrons. The van der Waals surface area contributed by atoms with E-state index in [-0.39, 0.29) is 5.91 Å². The summed E-state index contributed by atoms with van der Waals surface area (Å²) < 4.78 is 9.51. The van der Waals surface area contributed by atoms with Gasteiger partial charge in [0.05, 0.1) is 24.6 Å². The number of hydrogen-bond acceptors (Lipinski definition) is 4. The highest BCUT2D eigenvalue weighted by molar-refractivity contribution is 6.04. The standard InChI is InChI=1S/C25H27N5O2/c1-3-19-8-10-24(11-9-19)32-18-20-6-5-7-22(12-20)25(31)28-23-14-27-30(17-23)16-21-13-26-29(4-2)15-21/h5-15,17H,3-4,16,18H2,1-2H3,(H,28,31). The Balaban J connectivity index is 1.34. The van der Waals surface area contributed by atoms with Crippen LogP contribution in [0.25, 0.3) is 0 Å². The molecule has 7 heteroatoms. The SMILES string of the molecule is CCc1ccc(OCc2cccc(C(=O)Nc3cnn(Cc4cnn(CC)c4)c3)c2)cc1. The Morgan fingerprint density at radius 3 is 2.50 bits per heavy atom. The molecule has 0 aliphatic heterocycles. The number of anilines is 1. The molecule has 32 heavy (non-hydrogen) atoms. The fourth-order valence-corrected chi connectivity index (χ4v) is 3.36. The largest absolute Gasteiger partial charge is 0.489 e. The summed E-state index contributed by atoms with van der Waals surface area (Å²) in [6.07, 6.45) is 8.28. The molecule has 4 aromatic rings. The first-order valence-corrected chi connectivity index (χ1v) is 10.8. The van der Waals surface area contributed by atoms with E-state index in [0.29, 0.717) is 24.4 Å². The van der Waals surface area contributed by atoms with E-state index in [4.69, 9.17) is 4.74 Å². The highest BCUT2D eigenvalue weighted by atomic mass is 16.5. The predicted octanol–water partition coefficient (Wildman–Crippen LogP) is 4.54. The molecule has 7 nitrogen and oxygen atoms in total. The van der Waals surface area contributed by atoms with Crippen molar-refractivity contribution in [1.82, 2.24) is 19.6 Å². The van der Waals surface area contributed by atoms with Gasteiger partial charge in [-0.25, -0.2) is 0 Å². The first-order valence-electron chi connectivity index (χ1n) is 10.8. The minimum atomic E-state index is -0.183. The summed E-state index contributed by atoms with van der Waals surface area (Å²) in [4.78, 5) is 12.7. The zero-order chi connectivity index (χ0) is 22.3. The lowest BCUT2D eigenvalue weighted by molar-refractivity contribution is 0.102. The van der Waals surface area contributed by atoms with E-state index in [0.717, 1.165) is 29.8 Å². The van der Waals surface area contributed by atoms with Gasteiger partial charge >= 0.3 is 0 Å². The highest BCUT2D eigenvalue weighted by Crippen LogP contribution is 2.16. The Morgan fingerprint density at radius 2 is 1.75 bits per heavy atom. The van der Waals surface area contributed by atoms with E-state index in [1.807, 2.05) is 60.5 Å². The smallest absolute Gasteiger partial charge is 0.255 e. The van der Waals surface area contributed by atoms with Gasteiger partial charge in [0.2, 0.25) is 0 Å². The molecule has 0 unspecified atom stereocenters. The lowest BCUT2D eigenvalue weighted by atomic mass is 10.1. The molecule has 1 amide bonds. The quantitative estimate of drug-likeness (QED) is 0.424. The summed E-state index contributed by atoms with van der Waals surface area (Å²) in [5, 5.41) is 11.5. The molecular weight excluding hydrogens is 402 g/mol. The Kier molecular flexibility index (Phi) is 6.65. The first-order chi connectivity index (χ1) is 15.6. The maximum Gasteiger partial charge on any atom is 0.255 e. The summed E-state index contributed by atoms with van der Waals surface area (Å²) in [6, 6.07) is 15.5. The normalized spacial score (nSPS) is 10.8. The van der Waals surface area contributed by atoms with Crippen LogP contribution in [0.1, 0.15) is 40.9 Å². The summed E-state index contributed by atoms with van der Waals surface area (Å²) >= 11 is 0. The van der Waals surface area contributed by atoms with E-state index in [1.165, 1.54) is 5.56 Å². The number of ether oxygens (including phenoxy) is 1. The Bertz CT molecular complexity index is 1180. The molecular formula is C25H27N5O2. The van der Waals surface area contributed by atoms with E-state index >= 15 is 0 Å². The van der Waals surface area contributed by atoms with Gasteiger partial charge in [-0.1, -0.05) is 31.2 Å². The molecule has 0 fully saturated rings. The molecule has 0 saturated heterocycles. The van der Waals surface area contributed by atoms with Crippen molar-refractivity contribution in [3.8, 4) is 5.75 Å². The number of nitrogens with zero attached hydrogens (tertiary/aromatic N) is 4. The van der Waals surface area contributed by atoms with Crippen LogP contribution >= 0.6 is 0 Å². The third-order valence-corrected chi connectivity index (χ3v) is 5.17. The van der Waals surface area contributed by atoms with E-state index in [1.54, 1.807) is 16.9 Å². The van der Waals surface area contributed by atoms with Crippen LogP contribution in [0.5, 0.6) is 5.75 Å². The monoisotopic (exact) mass is 429 g/mol. The second-order valence-corrected chi connectivity index (χ2v) is 7.57. The van der Waals surface area contributed by atoms with E-state index in [9.17, 15) is 4.79 Å². The molecule has 2 heterocycles. The van der Waals surface area contributed by atoms with Gasteiger partial charge in [-0.05, 0) is 48.7 Å². The number of aromatic nitrogens is 4. The highest BCUT2D eigenvalue weighted by Gasteiger charge is 2.09. The molecule has 4 rings (SSSR count). The van der Waals surface area contributed by atoms with E-state index in [2.05, 4.69) is 34.6 Å². The number of hydrogen-bond donors (Lipinski definition) is 1. The number of aryl methyl sites for hydroxylation is 2. The molecule has 0 atom stereocenters. The van der Waals surface area contributed by atoms with E-state index < -0.39 is 0 Å². The average molecular weight is 430 g/mol. The first kappa shape index (κ1) is 21.4. The van der Waals surface area contributed by atoms with Crippen molar-refractivity contribution in [1.29, 1.82) is 0 Å². The lowest BCUT2D eigenvalue weighted by Gasteiger charge is -2.09. The molecule has 0 bridgehead atoms. The fraction of sp³-hybridized carbons (Fsp3) is 0.240. The summed E-state index contributed by atoms with van der Waals surface area (Å²) in [5.41, 5.74) is 4.49. The van der Waals surface area contributed by atoms with Crippen molar-refractivity contribution in [2.24, 2.45) is 0 Å². The Labute approximate surface area is 187 Å². The fourth-order valence-electron chi connectivity index (χ4n) is 3.36. The molecule has 0 aliphatic carbocycles. The Hall–Kier alpha value is -3.87. The Morgan fingerprint density at radius 1 is 0.938 bits per heavy atom. The van der Waals surface area contributed by atoms with Gasteiger partial charge in [0.15, 0.2) is 0 Å². The summed E-state index contributed by atoms with van der Waals surface area (Å²) in [6.45, 7) is 6.00. The van der Waals surface area contributed by atoms with Gasteiger partial charge < -0.3 is 10.1 Å². The minimum absolute atomic E-state index is 0.183. The van der Waals surface area contributed by atoms with Crippen molar-refractivity contribution in [2.45, 2.75) is 40.0 Å². The third-order valence-electron chi connectivity index (χ3n) is 5.17. The second-order valence-electron chi connectivity index (χ2n) is 7.57. The third kappa shape index (κ3) is 5.43. The van der Waals surface area contributed by atoms with Crippen LogP contribution < -0.4 is 10.1 Å². The molecule has 0 aliphatic rings. The number of carbonyl (C=O) groups excluding carboxylic acids is 1. The number of carbonyl (C=O) groups is 1. The molecule has 0 spiro atoms. The van der Waals surface area contributed by atoms with Gasteiger partial charge in [-0.2, -0.15) is 10.2 Å². The van der Waals surface area contributed by atoms with Crippen molar-refractivity contribution in [2.75, 3.05) is 5.32 Å². The van der Waals surface area contributed by atoms with Crippen LogP contribution in [-0.2, 0) is 26.1 Å². The lowest BCUT2D eigenvalue weighted by Crippen LogP contribution is -2.12. The maximum atomic E-state index is 12.7. The van der Waals surface area contributed by atoms with Crippen LogP contribution in [0.2, 0.25) is 0 Å². The van der Waals surface area contributed by atoms with Gasteiger partial charge in [0.25, 0.3) is 5.91 Å². The van der Waals surface area contributed by atoms with Crippen LogP contribution in [0.15, 0.2) is 73.3 Å². The topological polar surface area (TPSA) is 74.0 Å². The van der Waals surface area contributed by atoms with Crippen LogP contribution in [0.4, 0.5) is 5.69 Å². The zero-order valence-electron chi connectivity index (χ0n) is 18.4. The number of benzene rings is 2. The van der Waals surface area contributed by atoms with Gasteiger partial charge in [0.1, 0.15) is 12.4 Å². The van der Waals surface area contributed by atoms with Crippen molar-refractivity contribution < 1.29 is 9.53 Å². The molecule has 0 radical (unpaired) electrons. The molecule has 2 aromatic heterocycles. The zero-order valence-corrected chi connectivity index (χ0v) is 18.4. The van der Waals surface area contributed by atoms with Gasteiger partial charge in [-0.3, -0.25) is 14.2 Å². The molecule has 0 saturated carbocycles. The number of nitrogens with one attached hydrogen (secondary N) is 1. The molecule has 1 N–H and O–H groups in total. The van der Waals surface area contributed by atoms with Gasteiger partial charge in [0, 0.05) is 30.1 Å². The summed E-state index contributed by atoms with van der Waals surface area (Å²) in [7, 11) is 0. The maximum absolute atomic E-state index is 12.7.